The van der Waals surface area contributed by atoms with Gasteiger partial charge < -0.3 is 0 Å². The Morgan fingerprint density at radius 3 is 2.60 bits per heavy atom. The molecule has 0 aromatic heterocycles. The van der Waals surface area contributed by atoms with Crippen LogP contribution >= 0.6 is 27.5 Å². The zero-order valence-corrected chi connectivity index (χ0v) is 13.1. The third-order valence-corrected chi connectivity index (χ3v) is 4.70. The highest BCUT2D eigenvalue weighted by Gasteiger charge is 2.16. The summed E-state index contributed by atoms with van der Waals surface area (Å²) in [4.78, 5) is 0.0263. The number of hydrogen-bond acceptors (Lipinski definition) is 3. The van der Waals surface area contributed by atoms with Crippen molar-refractivity contribution in [2.24, 2.45) is 0 Å². The molecule has 7 heteroatoms. The molecule has 2 aromatic carbocycles. The number of sulfonamides is 1. The monoisotopic (exact) mass is 370 g/mol. The molecule has 0 spiro atoms. The second kappa shape index (κ2) is 5.83. The predicted molar refractivity (Wildman–Crippen MR) is 81.1 cm³/mol. The number of benzene rings is 2. The first-order chi connectivity index (χ1) is 9.42. The molecule has 0 unspecified atom stereocenters. The Balaban J connectivity index is 2.38. The maximum atomic E-state index is 12.2. The SMILES string of the molecule is N#Cc1cccc(S(=O)(=O)Nc2ccc(Cl)cc2Br)c1. The van der Waals surface area contributed by atoms with Crippen LogP contribution < -0.4 is 4.72 Å². The molecule has 0 aliphatic carbocycles. The molecule has 0 aliphatic rings. The molecule has 4 nitrogen and oxygen atoms in total. The molecule has 0 atom stereocenters. The number of hydrogen-bond donors (Lipinski definition) is 1. The van der Waals surface area contributed by atoms with Gasteiger partial charge in [0.2, 0.25) is 0 Å². The van der Waals surface area contributed by atoms with E-state index in [1.807, 2.05) is 6.07 Å². The fraction of sp³-hybridized carbons (Fsp3) is 0. The van der Waals surface area contributed by atoms with Gasteiger partial charge in [-0.05, 0) is 52.3 Å². The quantitative estimate of drug-likeness (QED) is 0.892. The molecule has 2 aromatic rings. The Morgan fingerprint density at radius 1 is 1.20 bits per heavy atom. The maximum Gasteiger partial charge on any atom is 0.261 e. The normalized spacial score (nSPS) is 10.8. The molecule has 20 heavy (non-hydrogen) atoms. The van der Waals surface area contributed by atoms with Crippen LogP contribution in [-0.4, -0.2) is 8.42 Å². The first kappa shape index (κ1) is 14.9. The first-order valence-electron chi connectivity index (χ1n) is 5.40. The van der Waals surface area contributed by atoms with Gasteiger partial charge in [-0.1, -0.05) is 17.7 Å². The van der Waals surface area contributed by atoms with E-state index in [-0.39, 0.29) is 10.5 Å². The summed E-state index contributed by atoms with van der Waals surface area (Å²) in [7, 11) is -3.76. The highest BCUT2D eigenvalue weighted by atomic mass is 79.9. The van der Waals surface area contributed by atoms with Gasteiger partial charge in [0.1, 0.15) is 0 Å². The average Bonchev–Trinajstić information content (AvgIpc) is 2.42. The summed E-state index contributed by atoms with van der Waals surface area (Å²) in [5, 5.41) is 9.30. The van der Waals surface area contributed by atoms with Crippen LogP contribution in [0.15, 0.2) is 51.8 Å². The second-order valence-electron chi connectivity index (χ2n) is 3.87. The van der Waals surface area contributed by atoms with Gasteiger partial charge in [0.05, 0.1) is 22.2 Å². The van der Waals surface area contributed by atoms with E-state index in [1.165, 1.54) is 24.3 Å². The molecular formula is C13H8BrClN2O2S. The van der Waals surface area contributed by atoms with E-state index < -0.39 is 10.0 Å². The van der Waals surface area contributed by atoms with Crippen molar-refractivity contribution in [1.29, 1.82) is 5.26 Å². The van der Waals surface area contributed by atoms with Crippen molar-refractivity contribution in [3.8, 4) is 6.07 Å². The highest BCUT2D eigenvalue weighted by Crippen LogP contribution is 2.28. The van der Waals surface area contributed by atoms with Crippen LogP contribution in [0.3, 0.4) is 0 Å². The van der Waals surface area contributed by atoms with E-state index in [0.29, 0.717) is 15.2 Å². The minimum atomic E-state index is -3.76. The van der Waals surface area contributed by atoms with Crippen molar-refractivity contribution >= 4 is 43.2 Å². The zero-order chi connectivity index (χ0) is 14.8. The van der Waals surface area contributed by atoms with Crippen molar-refractivity contribution in [3.63, 3.8) is 0 Å². The number of nitrogens with zero attached hydrogens (tertiary/aromatic N) is 1. The Morgan fingerprint density at radius 2 is 1.95 bits per heavy atom. The summed E-state index contributed by atoms with van der Waals surface area (Å²) in [6, 6.07) is 12.4. The first-order valence-corrected chi connectivity index (χ1v) is 8.06. The van der Waals surface area contributed by atoms with Gasteiger partial charge in [0.15, 0.2) is 0 Å². The number of nitriles is 1. The van der Waals surface area contributed by atoms with Gasteiger partial charge in [-0.2, -0.15) is 5.26 Å². The molecule has 102 valence electrons. The third-order valence-electron chi connectivity index (χ3n) is 2.45. The van der Waals surface area contributed by atoms with Gasteiger partial charge in [-0.15, -0.1) is 0 Å². The molecular weight excluding hydrogens is 364 g/mol. The topological polar surface area (TPSA) is 70.0 Å². The summed E-state index contributed by atoms with van der Waals surface area (Å²) in [5.41, 5.74) is 0.653. The lowest BCUT2D eigenvalue weighted by Crippen LogP contribution is -2.13. The van der Waals surface area contributed by atoms with E-state index in [9.17, 15) is 8.42 Å². The molecule has 0 saturated heterocycles. The van der Waals surface area contributed by atoms with E-state index >= 15 is 0 Å². The molecule has 0 fully saturated rings. The summed E-state index contributed by atoms with van der Waals surface area (Å²) in [6.07, 6.45) is 0. The maximum absolute atomic E-state index is 12.2. The molecule has 0 saturated carbocycles. The lowest BCUT2D eigenvalue weighted by atomic mass is 10.2. The summed E-state index contributed by atoms with van der Waals surface area (Å²) in [6.45, 7) is 0. The second-order valence-corrected chi connectivity index (χ2v) is 6.84. The lowest BCUT2D eigenvalue weighted by molar-refractivity contribution is 0.601. The Hall–Kier alpha value is -1.55. The molecule has 1 N–H and O–H groups in total. The molecule has 0 heterocycles. The average molecular weight is 372 g/mol. The van der Waals surface area contributed by atoms with E-state index in [2.05, 4.69) is 20.7 Å². The Kier molecular flexibility index (Phi) is 4.33. The van der Waals surface area contributed by atoms with Crippen molar-refractivity contribution in [1.82, 2.24) is 0 Å². The number of nitrogens with one attached hydrogen (secondary N) is 1. The Labute approximate surface area is 130 Å². The van der Waals surface area contributed by atoms with Crippen LogP contribution in [0.4, 0.5) is 5.69 Å². The molecule has 0 amide bonds. The molecule has 0 aliphatic heterocycles. The summed E-state index contributed by atoms with van der Waals surface area (Å²) in [5.74, 6) is 0. The van der Waals surface area contributed by atoms with Gasteiger partial charge in [-0.25, -0.2) is 8.42 Å². The number of halogens is 2. The fourth-order valence-corrected chi connectivity index (χ4v) is 3.55. The van der Waals surface area contributed by atoms with E-state index in [4.69, 9.17) is 16.9 Å². The van der Waals surface area contributed by atoms with Gasteiger partial charge >= 0.3 is 0 Å². The lowest BCUT2D eigenvalue weighted by Gasteiger charge is -2.10. The molecule has 0 radical (unpaired) electrons. The van der Waals surface area contributed by atoms with Crippen LogP contribution in [-0.2, 0) is 10.0 Å². The van der Waals surface area contributed by atoms with Gasteiger partial charge in [-0.3, -0.25) is 4.72 Å². The van der Waals surface area contributed by atoms with Crippen molar-refractivity contribution in [2.75, 3.05) is 4.72 Å². The predicted octanol–water partition coefficient (Wildman–Crippen LogP) is 3.77. The largest absolute Gasteiger partial charge is 0.278 e. The van der Waals surface area contributed by atoms with Crippen molar-refractivity contribution < 1.29 is 8.42 Å². The van der Waals surface area contributed by atoms with Crippen LogP contribution in [0, 0.1) is 11.3 Å². The number of rotatable bonds is 3. The fourth-order valence-electron chi connectivity index (χ4n) is 1.51. The summed E-state index contributed by atoms with van der Waals surface area (Å²) < 4.78 is 27.4. The van der Waals surface area contributed by atoms with E-state index in [1.54, 1.807) is 18.2 Å². The molecule has 2 rings (SSSR count). The minimum Gasteiger partial charge on any atom is -0.278 e. The van der Waals surface area contributed by atoms with Crippen molar-refractivity contribution in [2.45, 2.75) is 4.90 Å². The van der Waals surface area contributed by atoms with E-state index in [0.717, 1.165) is 0 Å². The third kappa shape index (κ3) is 3.31. The smallest absolute Gasteiger partial charge is 0.261 e. The number of anilines is 1. The van der Waals surface area contributed by atoms with Crippen LogP contribution in [0.5, 0.6) is 0 Å². The van der Waals surface area contributed by atoms with Gasteiger partial charge in [0.25, 0.3) is 10.0 Å². The van der Waals surface area contributed by atoms with Crippen LogP contribution in [0.1, 0.15) is 5.56 Å². The minimum absolute atomic E-state index is 0.0263. The molecule has 0 bridgehead atoms. The van der Waals surface area contributed by atoms with Crippen LogP contribution in [0.2, 0.25) is 5.02 Å². The highest BCUT2D eigenvalue weighted by molar-refractivity contribution is 9.10. The zero-order valence-electron chi connectivity index (χ0n) is 9.97. The summed E-state index contributed by atoms with van der Waals surface area (Å²) >= 11 is 9.04. The van der Waals surface area contributed by atoms with Crippen molar-refractivity contribution in [3.05, 3.63) is 57.5 Å². The van der Waals surface area contributed by atoms with Gasteiger partial charge in [0, 0.05) is 9.50 Å². The Bertz CT molecular complexity index is 800. The van der Waals surface area contributed by atoms with Crippen LogP contribution in [0.25, 0.3) is 0 Å². The standard InChI is InChI=1S/C13H8BrClN2O2S/c14-12-7-10(15)4-5-13(12)17-20(18,19)11-3-1-2-9(6-11)8-16/h1-7,17H.